The lowest BCUT2D eigenvalue weighted by atomic mass is 9.95. The SMILES string of the molecule is Cc1cccc(OC(C)C(=O)N2CCC(Cn3nc4c(cc3=O)CCCC4)CC2)c1. The van der Waals surface area contributed by atoms with Crippen molar-refractivity contribution in [2.45, 2.75) is 65.0 Å². The molecule has 1 amide bonds. The van der Waals surface area contributed by atoms with Crippen LogP contribution in [0.4, 0.5) is 0 Å². The Morgan fingerprint density at radius 3 is 2.73 bits per heavy atom. The first kappa shape index (κ1) is 20.6. The molecule has 1 aromatic carbocycles. The molecule has 1 aromatic heterocycles. The minimum atomic E-state index is -0.506. The highest BCUT2D eigenvalue weighted by molar-refractivity contribution is 5.81. The fourth-order valence-corrected chi connectivity index (χ4v) is 4.51. The third kappa shape index (κ3) is 4.74. The van der Waals surface area contributed by atoms with Gasteiger partial charge in [-0.15, -0.1) is 0 Å². The van der Waals surface area contributed by atoms with Crippen molar-refractivity contribution >= 4 is 5.91 Å². The summed E-state index contributed by atoms with van der Waals surface area (Å²) in [5.41, 5.74) is 3.34. The summed E-state index contributed by atoms with van der Waals surface area (Å²) < 4.78 is 7.50. The van der Waals surface area contributed by atoms with Gasteiger partial charge in [0.05, 0.1) is 5.69 Å². The average molecular weight is 410 g/mol. The van der Waals surface area contributed by atoms with Crippen molar-refractivity contribution in [2.75, 3.05) is 13.1 Å². The van der Waals surface area contributed by atoms with Crippen molar-refractivity contribution in [2.24, 2.45) is 5.92 Å². The van der Waals surface area contributed by atoms with E-state index in [9.17, 15) is 9.59 Å². The number of likely N-dealkylation sites (tertiary alicyclic amines) is 1. The number of aryl methyl sites for hydroxylation is 3. The third-order valence-corrected chi connectivity index (χ3v) is 6.28. The summed E-state index contributed by atoms with van der Waals surface area (Å²) in [6.07, 6.45) is 5.51. The molecule has 0 spiro atoms. The molecule has 6 heteroatoms. The predicted octanol–water partition coefficient (Wildman–Crippen LogP) is 3.14. The minimum Gasteiger partial charge on any atom is -0.481 e. The van der Waals surface area contributed by atoms with Gasteiger partial charge in [-0.25, -0.2) is 4.68 Å². The number of ether oxygens (including phenoxy) is 1. The molecule has 1 unspecified atom stereocenters. The summed E-state index contributed by atoms with van der Waals surface area (Å²) in [7, 11) is 0. The molecule has 0 saturated carbocycles. The van der Waals surface area contributed by atoms with Crippen molar-refractivity contribution < 1.29 is 9.53 Å². The quantitative estimate of drug-likeness (QED) is 0.761. The largest absolute Gasteiger partial charge is 0.481 e. The lowest BCUT2D eigenvalue weighted by molar-refractivity contribution is -0.139. The summed E-state index contributed by atoms with van der Waals surface area (Å²) in [6.45, 7) is 5.86. The number of aromatic nitrogens is 2. The maximum Gasteiger partial charge on any atom is 0.267 e. The molecule has 1 fully saturated rings. The second-order valence-corrected chi connectivity index (χ2v) is 8.69. The molecule has 1 atom stereocenters. The fraction of sp³-hybridized carbons (Fsp3) is 0.542. The van der Waals surface area contributed by atoms with E-state index in [0.717, 1.165) is 61.1 Å². The standard InChI is InChI=1S/C24H31N3O3/c1-17-6-5-8-21(14-17)30-18(2)24(29)26-12-10-19(11-13-26)16-27-23(28)15-20-7-3-4-9-22(20)25-27/h5-6,8,14-15,18-19H,3-4,7,9-13,16H2,1-2H3. The van der Waals surface area contributed by atoms with E-state index in [-0.39, 0.29) is 11.5 Å². The van der Waals surface area contributed by atoms with E-state index in [2.05, 4.69) is 5.10 Å². The molecule has 160 valence electrons. The predicted molar refractivity (Wildman–Crippen MR) is 116 cm³/mol. The van der Waals surface area contributed by atoms with Crippen LogP contribution >= 0.6 is 0 Å². The van der Waals surface area contributed by atoms with Crippen LogP contribution in [-0.2, 0) is 24.2 Å². The highest BCUT2D eigenvalue weighted by Gasteiger charge is 2.27. The van der Waals surface area contributed by atoms with Gasteiger partial charge in [-0.3, -0.25) is 9.59 Å². The van der Waals surface area contributed by atoms with Crippen molar-refractivity contribution in [1.29, 1.82) is 0 Å². The maximum absolute atomic E-state index is 12.8. The van der Waals surface area contributed by atoms with Gasteiger partial charge in [0.25, 0.3) is 11.5 Å². The first-order valence-corrected chi connectivity index (χ1v) is 11.1. The first-order chi connectivity index (χ1) is 14.5. The Hall–Kier alpha value is -2.63. The lowest BCUT2D eigenvalue weighted by Crippen LogP contribution is -2.45. The molecule has 30 heavy (non-hydrogen) atoms. The number of piperidine rings is 1. The van der Waals surface area contributed by atoms with Crippen LogP contribution in [0.5, 0.6) is 5.75 Å². The Bertz CT molecular complexity index is 960. The van der Waals surface area contributed by atoms with Gasteiger partial charge in [0.15, 0.2) is 6.10 Å². The number of fused-ring (bicyclic) bond motifs is 1. The first-order valence-electron chi connectivity index (χ1n) is 11.1. The Balaban J connectivity index is 1.31. The van der Waals surface area contributed by atoms with E-state index < -0.39 is 6.10 Å². The number of amides is 1. The van der Waals surface area contributed by atoms with E-state index in [1.807, 2.05) is 43.0 Å². The Morgan fingerprint density at radius 2 is 1.97 bits per heavy atom. The molecule has 0 bridgehead atoms. The average Bonchev–Trinajstić information content (AvgIpc) is 2.74. The molecule has 2 aromatic rings. The Labute approximate surface area is 177 Å². The monoisotopic (exact) mass is 409 g/mol. The highest BCUT2D eigenvalue weighted by atomic mass is 16.5. The molecular formula is C24H31N3O3. The van der Waals surface area contributed by atoms with Gasteiger partial charge < -0.3 is 9.64 Å². The summed E-state index contributed by atoms with van der Waals surface area (Å²) in [5.74, 6) is 1.12. The fourth-order valence-electron chi connectivity index (χ4n) is 4.51. The van der Waals surface area contributed by atoms with Crippen molar-refractivity contribution in [3.05, 3.63) is 57.5 Å². The second-order valence-electron chi connectivity index (χ2n) is 8.69. The van der Waals surface area contributed by atoms with E-state index >= 15 is 0 Å². The molecule has 1 aliphatic heterocycles. The molecule has 1 aliphatic carbocycles. The summed E-state index contributed by atoms with van der Waals surface area (Å²) >= 11 is 0. The number of hydrogen-bond acceptors (Lipinski definition) is 4. The Morgan fingerprint density at radius 1 is 1.20 bits per heavy atom. The molecule has 0 radical (unpaired) electrons. The number of carbonyl (C=O) groups excluding carboxylic acids is 1. The Kier molecular flexibility index (Phi) is 6.21. The minimum absolute atomic E-state index is 0.00864. The van der Waals surface area contributed by atoms with Crippen LogP contribution in [0.15, 0.2) is 35.1 Å². The molecular weight excluding hydrogens is 378 g/mol. The second kappa shape index (κ2) is 9.02. The summed E-state index contributed by atoms with van der Waals surface area (Å²) in [6, 6.07) is 9.55. The van der Waals surface area contributed by atoms with E-state index in [1.54, 1.807) is 10.7 Å². The van der Waals surface area contributed by atoms with Gasteiger partial charge in [0.2, 0.25) is 0 Å². The zero-order chi connectivity index (χ0) is 21.1. The summed E-state index contributed by atoms with van der Waals surface area (Å²) in [5, 5.41) is 4.65. The third-order valence-electron chi connectivity index (χ3n) is 6.28. The lowest BCUT2D eigenvalue weighted by Gasteiger charge is -2.33. The number of benzene rings is 1. The molecule has 1 saturated heterocycles. The van der Waals surface area contributed by atoms with E-state index in [4.69, 9.17) is 4.74 Å². The van der Waals surface area contributed by atoms with Crippen LogP contribution < -0.4 is 10.3 Å². The number of nitrogens with zero attached hydrogens (tertiary/aromatic N) is 3. The van der Waals surface area contributed by atoms with Gasteiger partial charge in [-0.2, -0.15) is 5.10 Å². The van der Waals surface area contributed by atoms with Crippen LogP contribution in [0.1, 0.15) is 49.4 Å². The topological polar surface area (TPSA) is 64.4 Å². The molecule has 6 nitrogen and oxygen atoms in total. The van der Waals surface area contributed by atoms with Crippen LogP contribution in [-0.4, -0.2) is 39.8 Å². The molecule has 0 N–H and O–H groups in total. The van der Waals surface area contributed by atoms with E-state index in [0.29, 0.717) is 25.6 Å². The number of rotatable bonds is 5. The zero-order valence-corrected chi connectivity index (χ0v) is 18.0. The van der Waals surface area contributed by atoms with Gasteiger partial charge in [-0.05, 0) is 81.5 Å². The smallest absolute Gasteiger partial charge is 0.267 e. The van der Waals surface area contributed by atoms with Crippen LogP contribution in [0.2, 0.25) is 0 Å². The van der Waals surface area contributed by atoms with Gasteiger partial charge in [0.1, 0.15) is 5.75 Å². The molecule has 2 heterocycles. The van der Waals surface area contributed by atoms with Gasteiger partial charge >= 0.3 is 0 Å². The zero-order valence-electron chi connectivity index (χ0n) is 18.0. The summed E-state index contributed by atoms with van der Waals surface area (Å²) in [4.78, 5) is 27.1. The van der Waals surface area contributed by atoms with Crippen molar-refractivity contribution in [3.8, 4) is 5.75 Å². The molecule has 2 aliphatic rings. The van der Waals surface area contributed by atoms with Crippen LogP contribution in [0, 0.1) is 12.8 Å². The number of hydrogen-bond donors (Lipinski definition) is 0. The highest BCUT2D eigenvalue weighted by Crippen LogP contribution is 2.22. The van der Waals surface area contributed by atoms with Crippen molar-refractivity contribution in [3.63, 3.8) is 0 Å². The van der Waals surface area contributed by atoms with Crippen LogP contribution in [0.25, 0.3) is 0 Å². The van der Waals surface area contributed by atoms with Crippen LogP contribution in [0.3, 0.4) is 0 Å². The van der Waals surface area contributed by atoms with E-state index in [1.165, 1.54) is 0 Å². The normalized spacial score (nSPS) is 18.0. The van der Waals surface area contributed by atoms with Crippen molar-refractivity contribution in [1.82, 2.24) is 14.7 Å². The number of carbonyl (C=O) groups is 1. The van der Waals surface area contributed by atoms with Gasteiger partial charge in [-0.1, -0.05) is 12.1 Å². The maximum atomic E-state index is 12.8. The van der Waals surface area contributed by atoms with Gasteiger partial charge in [0, 0.05) is 25.7 Å². The molecule has 4 rings (SSSR count).